The molecule has 0 radical (unpaired) electrons. The summed E-state index contributed by atoms with van der Waals surface area (Å²) >= 11 is 0. The molecular weight excluding hydrogens is 144 g/mol. The lowest BCUT2D eigenvalue weighted by Gasteiger charge is -1.98. The molecular formula is C12H20. The zero-order chi connectivity index (χ0) is 8.93. The van der Waals surface area contributed by atoms with Gasteiger partial charge in [0.25, 0.3) is 0 Å². The van der Waals surface area contributed by atoms with Gasteiger partial charge >= 0.3 is 0 Å². The Kier molecular flexibility index (Phi) is 1.65. The molecule has 2 fully saturated rings. The second-order valence-corrected chi connectivity index (χ2v) is 5.45. The fourth-order valence-corrected chi connectivity index (χ4v) is 2.75. The fraction of sp³-hybridized carbons (Fsp3) is 0.833. The van der Waals surface area contributed by atoms with Crippen molar-refractivity contribution in [2.45, 2.75) is 40.5 Å². The maximum atomic E-state index is 2.49. The minimum atomic E-state index is 0.623. The summed E-state index contributed by atoms with van der Waals surface area (Å²) in [6.07, 6.45) is 5.49. The van der Waals surface area contributed by atoms with E-state index in [1.54, 1.807) is 0 Å². The summed E-state index contributed by atoms with van der Waals surface area (Å²) in [6.45, 7) is 9.30. The fourth-order valence-electron chi connectivity index (χ4n) is 2.75. The van der Waals surface area contributed by atoms with Crippen LogP contribution in [0.2, 0.25) is 0 Å². The SMILES string of the molecule is CC(C)=CC1C(C2CC2)C1(C)C. The highest BCUT2D eigenvalue weighted by molar-refractivity contribution is 5.20. The van der Waals surface area contributed by atoms with Gasteiger partial charge in [0.1, 0.15) is 0 Å². The minimum Gasteiger partial charge on any atom is -0.0819 e. The Bertz CT molecular complexity index is 214. The van der Waals surface area contributed by atoms with Gasteiger partial charge in [-0.3, -0.25) is 0 Å². The summed E-state index contributed by atoms with van der Waals surface area (Å²) in [6, 6.07) is 0. The van der Waals surface area contributed by atoms with E-state index in [0.29, 0.717) is 5.41 Å². The Morgan fingerprint density at radius 1 is 1.25 bits per heavy atom. The molecule has 68 valence electrons. The van der Waals surface area contributed by atoms with Gasteiger partial charge in [0, 0.05) is 0 Å². The molecule has 2 rings (SSSR count). The van der Waals surface area contributed by atoms with Crippen molar-refractivity contribution in [2.75, 3.05) is 0 Å². The molecule has 0 aliphatic heterocycles. The van der Waals surface area contributed by atoms with Crippen molar-refractivity contribution >= 4 is 0 Å². The van der Waals surface area contributed by atoms with E-state index < -0.39 is 0 Å². The van der Waals surface area contributed by atoms with Gasteiger partial charge in [-0.15, -0.1) is 0 Å². The minimum absolute atomic E-state index is 0.623. The van der Waals surface area contributed by atoms with E-state index in [4.69, 9.17) is 0 Å². The smallest absolute Gasteiger partial charge is 0.0140 e. The summed E-state index contributed by atoms with van der Waals surface area (Å²) in [5, 5.41) is 0. The van der Waals surface area contributed by atoms with Gasteiger partial charge in [-0.25, -0.2) is 0 Å². The van der Waals surface area contributed by atoms with Crippen molar-refractivity contribution < 1.29 is 0 Å². The van der Waals surface area contributed by atoms with Crippen LogP contribution < -0.4 is 0 Å². The molecule has 2 aliphatic carbocycles. The van der Waals surface area contributed by atoms with Crippen LogP contribution in [0.1, 0.15) is 40.5 Å². The van der Waals surface area contributed by atoms with Crippen LogP contribution in [0.5, 0.6) is 0 Å². The molecule has 0 nitrogen and oxygen atoms in total. The van der Waals surface area contributed by atoms with Gasteiger partial charge in [-0.2, -0.15) is 0 Å². The van der Waals surface area contributed by atoms with Crippen molar-refractivity contribution in [1.82, 2.24) is 0 Å². The largest absolute Gasteiger partial charge is 0.0819 e. The molecule has 2 saturated carbocycles. The van der Waals surface area contributed by atoms with E-state index in [1.165, 1.54) is 18.4 Å². The van der Waals surface area contributed by atoms with Crippen LogP contribution in [0.3, 0.4) is 0 Å². The predicted octanol–water partition coefficient (Wildman–Crippen LogP) is 3.63. The first-order valence-corrected chi connectivity index (χ1v) is 5.18. The molecule has 0 heterocycles. The third-order valence-corrected chi connectivity index (χ3v) is 3.64. The van der Waals surface area contributed by atoms with Crippen LogP contribution in [0.4, 0.5) is 0 Å². The maximum absolute atomic E-state index is 2.49. The summed E-state index contributed by atoms with van der Waals surface area (Å²) in [4.78, 5) is 0. The number of hydrogen-bond donors (Lipinski definition) is 0. The molecule has 0 spiro atoms. The number of rotatable bonds is 2. The van der Waals surface area contributed by atoms with Crippen LogP contribution in [0.25, 0.3) is 0 Å². The van der Waals surface area contributed by atoms with Gasteiger partial charge in [-0.05, 0) is 49.9 Å². The molecule has 0 amide bonds. The normalized spacial score (nSPS) is 37.7. The van der Waals surface area contributed by atoms with E-state index in [0.717, 1.165) is 17.8 Å². The van der Waals surface area contributed by atoms with E-state index in [9.17, 15) is 0 Å². The van der Waals surface area contributed by atoms with Crippen LogP contribution in [0.15, 0.2) is 11.6 Å². The average Bonchev–Trinajstić information content (AvgIpc) is 2.73. The predicted molar refractivity (Wildman–Crippen MR) is 52.9 cm³/mol. The third kappa shape index (κ3) is 1.22. The molecule has 0 aromatic rings. The van der Waals surface area contributed by atoms with E-state index >= 15 is 0 Å². The standard InChI is InChI=1S/C12H20/c1-8(2)7-10-11(9-5-6-9)12(10,3)4/h7,9-11H,5-6H2,1-4H3. The van der Waals surface area contributed by atoms with Crippen molar-refractivity contribution in [2.24, 2.45) is 23.2 Å². The zero-order valence-corrected chi connectivity index (χ0v) is 8.72. The van der Waals surface area contributed by atoms with Crippen molar-refractivity contribution in [3.63, 3.8) is 0 Å². The zero-order valence-electron chi connectivity index (χ0n) is 8.72. The molecule has 2 atom stereocenters. The maximum Gasteiger partial charge on any atom is -0.0140 e. The molecule has 0 aromatic heterocycles. The first-order valence-electron chi connectivity index (χ1n) is 5.18. The quantitative estimate of drug-likeness (QED) is 0.547. The lowest BCUT2D eigenvalue weighted by molar-refractivity contribution is 0.516. The summed E-state index contributed by atoms with van der Waals surface area (Å²) in [5.41, 5.74) is 2.12. The lowest BCUT2D eigenvalue weighted by atomic mass is 10.1. The van der Waals surface area contributed by atoms with E-state index in [2.05, 4.69) is 33.8 Å². The first kappa shape index (κ1) is 8.34. The average molecular weight is 164 g/mol. The van der Waals surface area contributed by atoms with Gasteiger partial charge in [0.15, 0.2) is 0 Å². The Morgan fingerprint density at radius 3 is 2.25 bits per heavy atom. The topological polar surface area (TPSA) is 0 Å². The molecule has 0 bridgehead atoms. The van der Waals surface area contributed by atoms with Gasteiger partial charge in [-0.1, -0.05) is 25.5 Å². The molecule has 2 aliphatic rings. The summed E-state index contributed by atoms with van der Waals surface area (Å²) < 4.78 is 0. The van der Waals surface area contributed by atoms with Gasteiger partial charge in [0.2, 0.25) is 0 Å². The Labute approximate surface area is 76.1 Å². The molecule has 2 unspecified atom stereocenters. The molecule has 0 heteroatoms. The molecule has 0 saturated heterocycles. The first-order chi connectivity index (χ1) is 5.53. The Balaban J connectivity index is 2.05. The summed E-state index contributed by atoms with van der Waals surface area (Å²) in [5.74, 6) is 3.00. The second-order valence-electron chi connectivity index (χ2n) is 5.45. The third-order valence-electron chi connectivity index (χ3n) is 3.64. The van der Waals surface area contributed by atoms with Crippen molar-refractivity contribution in [3.05, 3.63) is 11.6 Å². The Morgan fingerprint density at radius 2 is 1.83 bits per heavy atom. The highest BCUT2D eigenvalue weighted by Crippen LogP contribution is 2.67. The highest BCUT2D eigenvalue weighted by Gasteiger charge is 2.61. The summed E-state index contributed by atoms with van der Waals surface area (Å²) in [7, 11) is 0. The Hall–Kier alpha value is -0.260. The monoisotopic (exact) mass is 164 g/mol. The van der Waals surface area contributed by atoms with Crippen molar-refractivity contribution in [1.29, 1.82) is 0 Å². The van der Waals surface area contributed by atoms with Crippen LogP contribution in [-0.2, 0) is 0 Å². The van der Waals surface area contributed by atoms with E-state index in [1.807, 2.05) is 0 Å². The van der Waals surface area contributed by atoms with Crippen molar-refractivity contribution in [3.8, 4) is 0 Å². The van der Waals surface area contributed by atoms with Crippen LogP contribution in [0, 0.1) is 23.2 Å². The number of hydrogen-bond acceptors (Lipinski definition) is 0. The van der Waals surface area contributed by atoms with Crippen LogP contribution >= 0.6 is 0 Å². The number of allylic oxidation sites excluding steroid dienone is 2. The molecule has 0 N–H and O–H groups in total. The second kappa shape index (κ2) is 2.37. The van der Waals surface area contributed by atoms with Gasteiger partial charge < -0.3 is 0 Å². The highest BCUT2D eigenvalue weighted by atomic mass is 14.7. The van der Waals surface area contributed by atoms with Gasteiger partial charge in [0.05, 0.1) is 0 Å². The lowest BCUT2D eigenvalue weighted by Crippen LogP contribution is -1.90. The molecule has 12 heavy (non-hydrogen) atoms. The van der Waals surface area contributed by atoms with E-state index in [-0.39, 0.29) is 0 Å². The molecule has 0 aromatic carbocycles. The van der Waals surface area contributed by atoms with Crippen LogP contribution in [-0.4, -0.2) is 0 Å².